The van der Waals surface area contributed by atoms with Crippen molar-refractivity contribution in [3.05, 3.63) is 23.1 Å². The number of nitrogens with zero attached hydrogens (tertiary/aromatic N) is 3. The number of hydrogen-bond donors (Lipinski definition) is 3. The number of thioether (sulfide) groups is 1. The zero-order valence-electron chi connectivity index (χ0n) is 11.6. The molecule has 2 amide bonds. The number of nitrogens with two attached hydrogens (primary N) is 1. The summed E-state index contributed by atoms with van der Waals surface area (Å²) in [7, 11) is 0. The molecule has 1 saturated heterocycles. The van der Waals surface area contributed by atoms with Crippen LogP contribution in [0.2, 0.25) is 0 Å². The van der Waals surface area contributed by atoms with E-state index in [2.05, 4.69) is 10.3 Å². The van der Waals surface area contributed by atoms with E-state index in [1.807, 2.05) is 0 Å². The highest BCUT2D eigenvalue weighted by atomic mass is 35.5. The van der Waals surface area contributed by atoms with Gasteiger partial charge in [0.15, 0.2) is 0 Å². The van der Waals surface area contributed by atoms with Crippen LogP contribution in [0.15, 0.2) is 23.1 Å². The van der Waals surface area contributed by atoms with Crippen LogP contribution in [-0.4, -0.2) is 54.5 Å². The van der Waals surface area contributed by atoms with Gasteiger partial charge in [-0.15, -0.1) is 11.8 Å². The number of anilines is 1. The number of hydrogen-bond acceptors (Lipinski definition) is 6. The number of rotatable bonds is 4. The van der Waals surface area contributed by atoms with Crippen molar-refractivity contribution in [3.8, 4) is 0 Å². The van der Waals surface area contributed by atoms with Gasteiger partial charge in [-0.1, -0.05) is 11.6 Å². The Bertz CT molecular complexity index is 733. The lowest BCUT2D eigenvalue weighted by Gasteiger charge is -2.48. The van der Waals surface area contributed by atoms with Gasteiger partial charge in [0.2, 0.25) is 11.9 Å². The first-order valence-corrected chi connectivity index (χ1v) is 7.95. The molecule has 4 N–H and O–H groups in total. The molecule has 3 heterocycles. The van der Waals surface area contributed by atoms with Gasteiger partial charge in [-0.2, -0.15) is 0 Å². The third kappa shape index (κ3) is 2.63. The summed E-state index contributed by atoms with van der Waals surface area (Å²) in [6.45, 7) is -0.0740. The van der Waals surface area contributed by atoms with Gasteiger partial charge in [0, 0.05) is 18.1 Å². The van der Waals surface area contributed by atoms with Crippen LogP contribution in [0.25, 0.3) is 0 Å². The molecule has 2 aliphatic rings. The Morgan fingerprint density at radius 2 is 2.30 bits per heavy atom. The summed E-state index contributed by atoms with van der Waals surface area (Å²) in [6, 6.07) is -0.781. The number of β-lactam (4-membered cyclic amide) rings is 1. The maximum Gasteiger partial charge on any atom is 0.353 e. The summed E-state index contributed by atoms with van der Waals surface area (Å²) < 4.78 is 1.43. The van der Waals surface area contributed by atoms with Gasteiger partial charge in [0.1, 0.15) is 23.7 Å². The number of halogens is 1. The number of carbonyl (C=O) groups excluding carboxylic acids is 2. The maximum atomic E-state index is 12.2. The molecular formula is C12H12ClN5O4S. The Hall–Kier alpha value is -2.20. The van der Waals surface area contributed by atoms with E-state index in [4.69, 9.17) is 22.4 Å². The number of amides is 2. The topological polar surface area (TPSA) is 131 Å². The van der Waals surface area contributed by atoms with E-state index in [0.717, 1.165) is 4.90 Å². The van der Waals surface area contributed by atoms with Crippen molar-refractivity contribution in [2.24, 2.45) is 0 Å². The summed E-state index contributed by atoms with van der Waals surface area (Å²) >= 11 is 7.18. The predicted octanol–water partition coefficient (Wildman–Crippen LogP) is -0.600. The van der Waals surface area contributed by atoms with Crippen LogP contribution in [-0.2, 0) is 20.9 Å². The van der Waals surface area contributed by atoms with Crippen molar-refractivity contribution >= 4 is 47.1 Å². The third-order valence-electron chi connectivity index (χ3n) is 3.50. The fourth-order valence-corrected chi connectivity index (χ4v) is 3.98. The number of imidazole rings is 1. The van der Waals surface area contributed by atoms with Crippen LogP contribution < -0.4 is 11.1 Å². The smallest absolute Gasteiger partial charge is 0.353 e. The van der Waals surface area contributed by atoms with Crippen LogP contribution in [0.5, 0.6) is 0 Å². The Labute approximate surface area is 139 Å². The van der Waals surface area contributed by atoms with Gasteiger partial charge in [0.25, 0.3) is 5.91 Å². The van der Waals surface area contributed by atoms with E-state index in [1.165, 1.54) is 22.5 Å². The van der Waals surface area contributed by atoms with E-state index in [1.54, 1.807) is 6.20 Å². The molecule has 122 valence electrons. The Morgan fingerprint density at radius 1 is 1.57 bits per heavy atom. The first-order chi connectivity index (χ1) is 10.9. The quantitative estimate of drug-likeness (QED) is 0.613. The van der Waals surface area contributed by atoms with Gasteiger partial charge >= 0.3 is 5.97 Å². The molecule has 0 bridgehead atoms. The molecule has 0 spiro atoms. The number of aliphatic carboxylic acids is 1. The summed E-state index contributed by atoms with van der Waals surface area (Å²) in [5.41, 5.74) is 5.36. The SMILES string of the molecule is Nc1nccn1CC(=O)N[C@@H]1C(=O)N2C(C(=O)O)=C(Cl)CS[C@H]12. The maximum absolute atomic E-state index is 12.2. The minimum atomic E-state index is -1.26. The molecule has 0 aromatic carbocycles. The second kappa shape index (κ2) is 5.78. The molecule has 1 aromatic heterocycles. The second-order valence-corrected chi connectivity index (χ2v) is 6.49. The molecule has 23 heavy (non-hydrogen) atoms. The molecule has 0 saturated carbocycles. The molecule has 0 unspecified atom stereocenters. The number of carboxylic acid groups (broad SMARTS) is 1. The highest BCUT2D eigenvalue weighted by Gasteiger charge is 2.54. The minimum absolute atomic E-state index is 0.0740. The Morgan fingerprint density at radius 3 is 2.91 bits per heavy atom. The van der Waals surface area contributed by atoms with E-state index >= 15 is 0 Å². The van der Waals surface area contributed by atoms with Crippen molar-refractivity contribution in [2.75, 3.05) is 11.5 Å². The molecule has 11 heteroatoms. The Balaban J connectivity index is 1.68. The molecular weight excluding hydrogens is 346 g/mol. The standard InChI is InChI=1S/C12H12ClN5O4S/c13-5-4-23-10-7(9(20)18(10)8(5)11(21)22)16-6(19)3-17-2-1-15-12(17)14/h1-2,7,10H,3-4H2,(H2,14,15)(H,16,19)(H,21,22)/t7-,10-/m1/s1. The average molecular weight is 358 g/mol. The van der Waals surface area contributed by atoms with Crippen LogP contribution in [0.4, 0.5) is 5.95 Å². The van der Waals surface area contributed by atoms with Crippen LogP contribution in [0.1, 0.15) is 0 Å². The molecule has 0 radical (unpaired) electrons. The zero-order chi connectivity index (χ0) is 16.7. The van der Waals surface area contributed by atoms with Gasteiger partial charge in [-0.25, -0.2) is 9.78 Å². The summed E-state index contributed by atoms with van der Waals surface area (Å²) in [5.74, 6) is -1.70. The lowest BCUT2D eigenvalue weighted by atomic mass is 10.1. The van der Waals surface area contributed by atoms with E-state index in [0.29, 0.717) is 0 Å². The average Bonchev–Trinajstić information content (AvgIpc) is 2.89. The van der Waals surface area contributed by atoms with Crippen LogP contribution in [0.3, 0.4) is 0 Å². The van der Waals surface area contributed by atoms with Crippen molar-refractivity contribution in [1.29, 1.82) is 0 Å². The predicted molar refractivity (Wildman–Crippen MR) is 82.2 cm³/mol. The number of fused-ring (bicyclic) bond motifs is 1. The largest absolute Gasteiger partial charge is 0.477 e. The van der Waals surface area contributed by atoms with Gasteiger partial charge in [-0.05, 0) is 0 Å². The number of carboxylic acids is 1. The summed E-state index contributed by atoms with van der Waals surface area (Å²) in [6.07, 6.45) is 3.01. The van der Waals surface area contributed by atoms with Gasteiger partial charge in [-0.3, -0.25) is 14.5 Å². The summed E-state index contributed by atoms with van der Waals surface area (Å²) in [5, 5.41) is 11.4. The second-order valence-electron chi connectivity index (χ2n) is 4.93. The van der Waals surface area contributed by atoms with Crippen molar-refractivity contribution in [3.63, 3.8) is 0 Å². The highest BCUT2D eigenvalue weighted by Crippen LogP contribution is 2.41. The molecule has 3 rings (SSSR count). The van der Waals surface area contributed by atoms with Gasteiger partial charge in [0.05, 0.1) is 5.03 Å². The first-order valence-electron chi connectivity index (χ1n) is 6.52. The van der Waals surface area contributed by atoms with Crippen LogP contribution >= 0.6 is 23.4 Å². The minimum Gasteiger partial charge on any atom is -0.477 e. The molecule has 0 aliphatic carbocycles. The third-order valence-corrected chi connectivity index (χ3v) is 5.25. The Kier molecular flexibility index (Phi) is 3.94. The van der Waals surface area contributed by atoms with Crippen molar-refractivity contribution in [2.45, 2.75) is 18.0 Å². The number of nitrogens with one attached hydrogen (secondary N) is 1. The van der Waals surface area contributed by atoms with Crippen LogP contribution in [0, 0.1) is 0 Å². The lowest BCUT2D eigenvalue weighted by molar-refractivity contribution is -0.150. The van der Waals surface area contributed by atoms with E-state index < -0.39 is 29.2 Å². The van der Waals surface area contributed by atoms with E-state index in [9.17, 15) is 14.4 Å². The molecule has 1 aromatic rings. The molecule has 2 atom stereocenters. The summed E-state index contributed by atoms with van der Waals surface area (Å²) in [4.78, 5) is 40.3. The van der Waals surface area contributed by atoms with Gasteiger partial charge < -0.3 is 20.7 Å². The lowest BCUT2D eigenvalue weighted by Crippen LogP contribution is -2.70. The zero-order valence-corrected chi connectivity index (χ0v) is 13.2. The number of carbonyl (C=O) groups is 3. The molecule has 1 fully saturated rings. The van der Waals surface area contributed by atoms with Crippen molar-refractivity contribution < 1.29 is 19.5 Å². The fourth-order valence-electron chi connectivity index (χ4n) is 2.43. The van der Waals surface area contributed by atoms with E-state index in [-0.39, 0.29) is 29.0 Å². The molecule has 2 aliphatic heterocycles. The fraction of sp³-hybridized carbons (Fsp3) is 0.333. The number of aromatic nitrogens is 2. The number of nitrogen functional groups attached to an aromatic ring is 1. The monoisotopic (exact) mass is 357 g/mol. The normalized spacial score (nSPS) is 23.3. The van der Waals surface area contributed by atoms with Crippen molar-refractivity contribution in [1.82, 2.24) is 19.8 Å². The molecule has 9 nitrogen and oxygen atoms in total. The first kappa shape index (κ1) is 15.7. The highest BCUT2D eigenvalue weighted by molar-refractivity contribution is 8.00.